The fraction of sp³-hybridized carbons (Fsp3) is 0.706. The molecule has 330 valence electrons. The van der Waals surface area contributed by atoms with Gasteiger partial charge in [-0.3, -0.25) is 14.4 Å². The maximum atomic E-state index is 14.7. The Balaban J connectivity index is 0.961. The van der Waals surface area contributed by atoms with Gasteiger partial charge < -0.3 is 25.0 Å². The molecule has 1 aromatic carbocycles. The fourth-order valence-electron chi connectivity index (χ4n) is 15.7. The maximum Gasteiger partial charge on any atom is 0.318 e. The van der Waals surface area contributed by atoms with Crippen LogP contribution in [-0.4, -0.2) is 61.9 Å². The summed E-state index contributed by atoms with van der Waals surface area (Å²) < 4.78 is 6.44. The smallest absolute Gasteiger partial charge is 0.318 e. The molecule has 2 amide bonds. The molecule has 0 bridgehead atoms. The molecule has 2 aromatic rings. The summed E-state index contributed by atoms with van der Waals surface area (Å²) in [6, 6.07) is 9.92. The number of carboxylic acids is 1. The molecule has 7 aliphatic rings. The monoisotopic (exact) mass is 835 g/mol. The second-order valence-corrected chi connectivity index (χ2v) is 22.9. The predicted octanol–water partition coefficient (Wildman–Crippen LogP) is 10.3. The average molecular weight is 835 g/mol. The molecule has 9 rings (SSSR count). The highest BCUT2D eigenvalue weighted by Gasteiger charge is 2.71. The van der Waals surface area contributed by atoms with Crippen LogP contribution in [0.3, 0.4) is 0 Å². The van der Waals surface area contributed by atoms with Gasteiger partial charge in [0.25, 0.3) is 0 Å². The fourth-order valence-corrected chi connectivity index (χ4v) is 15.7. The minimum Gasteiger partial charge on any atom is -0.481 e. The summed E-state index contributed by atoms with van der Waals surface area (Å²) in [5.74, 6) is 0.156. The molecule has 0 spiro atoms. The van der Waals surface area contributed by atoms with Crippen molar-refractivity contribution in [1.82, 2.24) is 20.2 Å². The first kappa shape index (κ1) is 42.4. The second-order valence-electron chi connectivity index (χ2n) is 22.9. The molecule has 0 radical (unpaired) electrons. The van der Waals surface area contributed by atoms with Gasteiger partial charge in [0.05, 0.1) is 35.3 Å². The molecule has 5 saturated carbocycles. The molecule has 6 aliphatic carbocycles. The highest BCUT2D eigenvalue weighted by molar-refractivity contribution is 6.02. The van der Waals surface area contributed by atoms with Gasteiger partial charge in [-0.25, -0.2) is 9.78 Å². The summed E-state index contributed by atoms with van der Waals surface area (Å²) in [5, 5.41) is 13.3. The Kier molecular flexibility index (Phi) is 9.92. The Bertz CT molecular complexity index is 2160. The number of imidazole rings is 1. The van der Waals surface area contributed by atoms with Gasteiger partial charge in [0, 0.05) is 18.4 Å². The third-order valence-electron chi connectivity index (χ3n) is 19.3. The van der Waals surface area contributed by atoms with Gasteiger partial charge >= 0.3 is 18.0 Å². The van der Waals surface area contributed by atoms with E-state index < -0.39 is 22.8 Å². The molecule has 11 atom stereocenters. The van der Waals surface area contributed by atoms with Crippen molar-refractivity contribution < 1.29 is 29.0 Å². The first-order chi connectivity index (χ1) is 28.7. The number of likely N-dealkylation sites (tertiary alicyclic amines) is 1. The number of carboxylic acid groups (broad SMARTS) is 1. The first-order valence-electron chi connectivity index (χ1n) is 23.6. The van der Waals surface area contributed by atoms with Gasteiger partial charge in [-0.15, -0.1) is 0 Å². The molecule has 0 unspecified atom stereocenters. The molecule has 10 nitrogen and oxygen atoms in total. The van der Waals surface area contributed by atoms with Crippen molar-refractivity contribution in [3.8, 4) is 11.3 Å². The van der Waals surface area contributed by atoms with Crippen molar-refractivity contribution in [3.63, 3.8) is 0 Å². The third kappa shape index (κ3) is 6.08. The number of esters is 1. The molecule has 2 heterocycles. The number of aliphatic carboxylic acids is 1. The van der Waals surface area contributed by atoms with Crippen LogP contribution < -0.4 is 5.32 Å². The van der Waals surface area contributed by atoms with E-state index in [1.807, 2.05) is 43.1 Å². The Morgan fingerprint density at radius 1 is 0.869 bits per heavy atom. The van der Waals surface area contributed by atoms with Crippen LogP contribution in [0.25, 0.3) is 11.3 Å². The average Bonchev–Trinajstić information content (AvgIpc) is 3.94. The Morgan fingerprint density at radius 2 is 1.61 bits per heavy atom. The number of hydrogen-bond acceptors (Lipinski definition) is 6. The van der Waals surface area contributed by atoms with E-state index in [4.69, 9.17) is 9.72 Å². The number of aromatic nitrogens is 2. The lowest BCUT2D eigenvalue weighted by molar-refractivity contribution is -0.235. The second kappa shape index (κ2) is 14.3. The zero-order chi connectivity index (χ0) is 43.7. The van der Waals surface area contributed by atoms with Gasteiger partial charge in [-0.2, -0.15) is 0 Å². The zero-order valence-electron chi connectivity index (χ0n) is 38.2. The van der Waals surface area contributed by atoms with E-state index >= 15 is 0 Å². The van der Waals surface area contributed by atoms with Crippen LogP contribution in [0.2, 0.25) is 0 Å². The number of rotatable bonds is 7. The van der Waals surface area contributed by atoms with Crippen molar-refractivity contribution in [2.24, 2.45) is 62.6 Å². The highest BCUT2D eigenvalue weighted by Crippen LogP contribution is 2.76. The number of amides is 2. The van der Waals surface area contributed by atoms with E-state index in [9.17, 15) is 24.3 Å². The number of ketones is 1. The normalized spacial score (nSPS) is 39.7. The number of urea groups is 1. The van der Waals surface area contributed by atoms with E-state index in [1.165, 1.54) is 5.57 Å². The van der Waals surface area contributed by atoms with Gasteiger partial charge in [0.2, 0.25) is 0 Å². The van der Waals surface area contributed by atoms with Crippen LogP contribution in [0.1, 0.15) is 151 Å². The number of Topliss-reactive ketones (excluding diaryl/α,β-unsaturated/α-hetero) is 1. The Hall–Kier alpha value is -3.95. The summed E-state index contributed by atoms with van der Waals surface area (Å²) in [7, 11) is 0. The third-order valence-corrected chi connectivity index (χ3v) is 19.3. The SMILES string of the molecule is CC(C)C1=C2[C@H]3CC[C@@H]4[C@@]5(C)CC[C@H](OC(=O)[C@H]6C[C@@H](C(=O)O)C6(C)C)C(C)(C)[C@@H]5CC[C@@]4(C)[C@]3(C)CC[C@@]2(NC(=O)N2CCC[C@H]2c2ncc(-c3ccccc3)[nH]2)CC1=O. The van der Waals surface area contributed by atoms with Gasteiger partial charge in [-0.1, -0.05) is 92.6 Å². The number of fused-ring (bicyclic) bond motifs is 7. The molecule has 6 fully saturated rings. The lowest BCUT2D eigenvalue weighted by Crippen LogP contribution is -2.67. The minimum absolute atomic E-state index is 0.0231. The molecule has 10 heteroatoms. The van der Waals surface area contributed by atoms with Crippen LogP contribution in [0.5, 0.6) is 0 Å². The minimum atomic E-state index is -0.833. The number of carbonyl (C=O) groups excluding carboxylic acids is 3. The summed E-state index contributed by atoms with van der Waals surface area (Å²) in [6.07, 6.45) is 11.8. The molecular formula is C51H70N4O6. The number of hydrogen-bond donors (Lipinski definition) is 3. The van der Waals surface area contributed by atoms with E-state index in [-0.39, 0.29) is 69.3 Å². The van der Waals surface area contributed by atoms with Crippen molar-refractivity contribution >= 4 is 23.8 Å². The number of H-pyrrole nitrogens is 1. The molecule has 1 saturated heterocycles. The molecule has 61 heavy (non-hydrogen) atoms. The van der Waals surface area contributed by atoms with E-state index in [0.29, 0.717) is 31.2 Å². The Labute approximate surface area is 362 Å². The van der Waals surface area contributed by atoms with E-state index in [2.05, 4.69) is 70.9 Å². The zero-order valence-corrected chi connectivity index (χ0v) is 38.2. The largest absolute Gasteiger partial charge is 0.481 e. The topological polar surface area (TPSA) is 142 Å². The van der Waals surface area contributed by atoms with Crippen LogP contribution >= 0.6 is 0 Å². The van der Waals surface area contributed by atoms with Gasteiger partial charge in [0.15, 0.2) is 5.78 Å². The van der Waals surface area contributed by atoms with Crippen LogP contribution in [0.4, 0.5) is 4.79 Å². The lowest BCUT2D eigenvalue weighted by atomic mass is 9.33. The van der Waals surface area contributed by atoms with Crippen molar-refractivity contribution in [2.45, 2.75) is 157 Å². The molecule has 3 N–H and O–H groups in total. The number of ether oxygens (including phenoxy) is 1. The predicted molar refractivity (Wildman–Crippen MR) is 234 cm³/mol. The van der Waals surface area contributed by atoms with E-state index in [0.717, 1.165) is 86.9 Å². The van der Waals surface area contributed by atoms with Gasteiger partial charge in [-0.05, 0) is 133 Å². The maximum absolute atomic E-state index is 14.7. The Morgan fingerprint density at radius 3 is 2.30 bits per heavy atom. The number of aromatic amines is 1. The quantitative estimate of drug-likeness (QED) is 0.236. The number of carbonyl (C=O) groups is 4. The standard InChI is InChI=1S/C51H70N4O6/c1-29(2)40-36(56)27-51(54-45(60)55-25-13-16-35(55)42-52-28-34(53-42)30-14-11-10-12-15-30)24-23-49(8)31(41(40)51)17-18-38-48(7)21-20-39(47(5,6)37(48)19-22-50(38,49)9)61-44(59)33-26-32(43(57)58)46(33,3)4/h10-12,14-15,28-29,31-33,35,37-39H,13,16-27H2,1-9H3,(H,52,53)(H,54,60)(H,57,58)/t31-,32+,33-,35+,37+,38-,39+,48+,49-,50-,51-/m1/s1. The van der Waals surface area contributed by atoms with Crippen LogP contribution in [0, 0.1) is 62.6 Å². The van der Waals surface area contributed by atoms with Gasteiger partial charge in [0.1, 0.15) is 11.9 Å². The highest BCUT2D eigenvalue weighted by atomic mass is 16.5. The number of nitrogens with zero attached hydrogens (tertiary/aromatic N) is 2. The summed E-state index contributed by atoms with van der Waals surface area (Å²) in [5.41, 5.74) is 2.70. The van der Waals surface area contributed by atoms with Crippen LogP contribution in [0.15, 0.2) is 47.7 Å². The lowest BCUT2D eigenvalue weighted by Gasteiger charge is -2.72. The summed E-state index contributed by atoms with van der Waals surface area (Å²) in [6.45, 7) is 21.0. The molecule has 1 aliphatic heterocycles. The van der Waals surface area contributed by atoms with Crippen molar-refractivity contribution in [1.29, 1.82) is 0 Å². The number of allylic oxidation sites excluding steroid dienone is 1. The van der Waals surface area contributed by atoms with Crippen molar-refractivity contribution in [3.05, 3.63) is 53.5 Å². The first-order valence-corrected chi connectivity index (χ1v) is 23.6. The van der Waals surface area contributed by atoms with E-state index in [1.54, 1.807) is 0 Å². The summed E-state index contributed by atoms with van der Waals surface area (Å²) >= 11 is 0. The number of nitrogens with one attached hydrogen (secondary N) is 2. The molecular weight excluding hydrogens is 765 g/mol. The van der Waals surface area contributed by atoms with Crippen LogP contribution in [-0.2, 0) is 19.1 Å². The van der Waals surface area contributed by atoms with Crippen molar-refractivity contribution in [2.75, 3.05) is 6.54 Å². The summed E-state index contributed by atoms with van der Waals surface area (Å²) in [4.78, 5) is 64.8. The number of benzene rings is 1. The molecule has 1 aromatic heterocycles.